The first kappa shape index (κ1) is 5.57. The van der Waals surface area contributed by atoms with E-state index in [4.69, 9.17) is 11.6 Å². The molecule has 0 saturated heterocycles. The Morgan fingerprint density at radius 3 is 2.50 bits per heavy atom. The molecule has 0 aliphatic rings. The van der Waals surface area contributed by atoms with Gasteiger partial charge in [0.2, 0.25) is 0 Å². The first-order valence-electron chi connectivity index (χ1n) is 2.20. The lowest BCUT2D eigenvalue weighted by molar-refractivity contribution is 0.628. The van der Waals surface area contributed by atoms with E-state index >= 15 is 0 Å². The fourth-order valence-electron chi connectivity index (χ4n) is 0.460. The molecule has 42 valence electrons. The third-order valence-corrected chi connectivity index (χ3v) is 1.02. The highest BCUT2D eigenvalue weighted by molar-refractivity contribution is 6.30. The van der Waals surface area contributed by atoms with Crippen LogP contribution in [0.1, 0.15) is 0 Å². The van der Waals surface area contributed by atoms with E-state index < -0.39 is 0 Å². The Balaban J connectivity index is 3.08. The summed E-state index contributed by atoms with van der Waals surface area (Å²) in [6.07, 6.45) is 0. The Bertz CT molecular complexity index is 168. The van der Waals surface area contributed by atoms with Crippen LogP contribution in [0.2, 0.25) is 5.02 Å². The van der Waals surface area contributed by atoms with Crippen molar-refractivity contribution < 1.29 is 4.39 Å². The molecule has 8 heavy (non-hydrogen) atoms. The second-order valence-corrected chi connectivity index (χ2v) is 1.88. The standard InChI is InChI=1S/C6H4ClF/c7-5-2-1-3-6(8)4-5/h1-4H/i1+1,2+1,3+1,4+1,5+1,6+1. The van der Waals surface area contributed by atoms with E-state index in [0.29, 0.717) is 5.02 Å². The third kappa shape index (κ3) is 1.20. The predicted octanol–water partition coefficient (Wildman–Crippen LogP) is 2.48. The maximum Gasteiger partial charge on any atom is 0.124 e. The molecule has 0 fully saturated rings. The van der Waals surface area contributed by atoms with Crippen LogP contribution in [-0.2, 0) is 0 Å². The molecule has 1 aromatic carbocycles. The Labute approximate surface area is 51.9 Å². The highest BCUT2D eigenvalue weighted by Crippen LogP contribution is 2.07. The minimum absolute atomic E-state index is 0.294. The van der Waals surface area contributed by atoms with E-state index in [-0.39, 0.29) is 5.82 Å². The molecule has 0 saturated carbocycles. The molecule has 0 bridgehead atoms. The second-order valence-electron chi connectivity index (χ2n) is 1.44. The lowest BCUT2D eigenvalue weighted by Crippen LogP contribution is -1.68. The SMILES string of the molecule is F[13c]1[13cH][13cH][13cH][13c](Cl)[13cH]1. The summed E-state index contributed by atoms with van der Waals surface area (Å²) in [5.74, 6) is -0.294. The molecule has 0 unspecified atom stereocenters. The summed E-state index contributed by atoms with van der Waals surface area (Å²) in [5.41, 5.74) is 0. The highest BCUT2D eigenvalue weighted by Gasteiger charge is 1.86. The van der Waals surface area contributed by atoms with Gasteiger partial charge in [0.15, 0.2) is 0 Å². The van der Waals surface area contributed by atoms with Crippen LogP contribution in [0.5, 0.6) is 0 Å². The first-order valence-corrected chi connectivity index (χ1v) is 2.58. The molecule has 0 nitrogen and oxygen atoms in total. The smallest absolute Gasteiger partial charge is 0.124 e. The lowest BCUT2D eigenvalue weighted by Gasteiger charge is -1.85. The van der Waals surface area contributed by atoms with Crippen LogP contribution in [0.3, 0.4) is 0 Å². The molecule has 0 N–H and O–H groups in total. The van der Waals surface area contributed by atoms with Gasteiger partial charge in [-0.05, 0) is 18.2 Å². The summed E-state index contributed by atoms with van der Waals surface area (Å²) >= 11 is 5.40. The minimum atomic E-state index is -0.294. The van der Waals surface area contributed by atoms with Crippen LogP contribution in [0.25, 0.3) is 0 Å². The van der Waals surface area contributed by atoms with Gasteiger partial charge in [0, 0.05) is 5.02 Å². The van der Waals surface area contributed by atoms with Crippen molar-refractivity contribution in [2.24, 2.45) is 0 Å². The summed E-state index contributed by atoms with van der Waals surface area (Å²) in [6, 6.07) is 5.82. The van der Waals surface area contributed by atoms with Crippen molar-refractivity contribution in [2.45, 2.75) is 0 Å². The van der Waals surface area contributed by atoms with Crippen LogP contribution >= 0.6 is 11.6 Å². The zero-order valence-electron chi connectivity index (χ0n) is 4.07. The first-order chi connectivity index (χ1) is 3.79. The third-order valence-electron chi connectivity index (χ3n) is 0.787. The van der Waals surface area contributed by atoms with E-state index in [1.54, 1.807) is 12.1 Å². The number of hydrogen-bond donors (Lipinski definition) is 0. The van der Waals surface area contributed by atoms with Gasteiger partial charge >= 0.3 is 0 Å². The average Bonchev–Trinajstić information content (AvgIpc) is 1.64. The molecule has 0 heterocycles. The number of halogens is 2. The van der Waals surface area contributed by atoms with Crippen molar-refractivity contribution in [3.8, 4) is 0 Å². The second kappa shape index (κ2) is 2.14. The zero-order valence-corrected chi connectivity index (χ0v) is 4.82. The summed E-state index contributed by atoms with van der Waals surface area (Å²) in [6.45, 7) is 0. The van der Waals surface area contributed by atoms with E-state index in [9.17, 15) is 4.39 Å². The van der Waals surface area contributed by atoms with Gasteiger partial charge in [-0.25, -0.2) is 4.39 Å². The molecule has 0 aliphatic heterocycles. The van der Waals surface area contributed by atoms with Crippen LogP contribution in [-0.4, -0.2) is 0 Å². The van der Waals surface area contributed by atoms with E-state index in [1.807, 2.05) is 0 Å². The number of rotatable bonds is 0. The Hall–Kier alpha value is -0.560. The van der Waals surface area contributed by atoms with Crippen molar-refractivity contribution >= 4 is 11.6 Å². The summed E-state index contributed by atoms with van der Waals surface area (Å²) < 4.78 is 12.1. The van der Waals surface area contributed by atoms with Gasteiger partial charge in [0.25, 0.3) is 0 Å². The Morgan fingerprint density at radius 2 is 2.12 bits per heavy atom. The largest absolute Gasteiger partial charge is 0.207 e. The van der Waals surface area contributed by atoms with Crippen LogP contribution in [0.4, 0.5) is 4.39 Å². The predicted molar refractivity (Wildman–Crippen MR) is 31.4 cm³/mol. The molecule has 1 aromatic rings. The summed E-state index contributed by atoms with van der Waals surface area (Å²) in [4.78, 5) is 0. The fraction of sp³-hybridized carbons (Fsp3) is 0. The van der Waals surface area contributed by atoms with Gasteiger partial charge in [-0.1, -0.05) is 17.7 Å². The van der Waals surface area contributed by atoms with Gasteiger partial charge in [-0.3, -0.25) is 0 Å². The van der Waals surface area contributed by atoms with Crippen LogP contribution < -0.4 is 0 Å². The Morgan fingerprint density at radius 1 is 1.38 bits per heavy atom. The van der Waals surface area contributed by atoms with Crippen molar-refractivity contribution in [3.05, 3.63) is 35.1 Å². The van der Waals surface area contributed by atoms with Crippen molar-refractivity contribution in [3.63, 3.8) is 0 Å². The summed E-state index contributed by atoms with van der Waals surface area (Å²) in [5, 5.41) is 0.435. The Kier molecular flexibility index (Phi) is 1.49. The molecular formula is C6H4ClF. The highest BCUT2D eigenvalue weighted by atomic mass is 35.5. The topological polar surface area (TPSA) is 0 Å². The normalized spacial score (nSPS) is 9.25. The maximum absolute atomic E-state index is 12.1. The van der Waals surface area contributed by atoms with Gasteiger partial charge in [-0.15, -0.1) is 0 Å². The molecular weight excluding hydrogens is 132 g/mol. The van der Waals surface area contributed by atoms with Crippen molar-refractivity contribution in [2.75, 3.05) is 0 Å². The molecule has 1 rings (SSSR count). The lowest BCUT2D eigenvalue weighted by atomic mass is 11.3. The molecule has 0 aromatic heterocycles. The fourth-order valence-corrected chi connectivity index (χ4v) is 0.637. The van der Waals surface area contributed by atoms with Gasteiger partial charge in [-0.2, -0.15) is 0 Å². The molecule has 0 amide bonds. The molecule has 2 heteroatoms. The zero-order chi connectivity index (χ0) is 5.98. The van der Waals surface area contributed by atoms with Crippen molar-refractivity contribution in [1.82, 2.24) is 0 Å². The van der Waals surface area contributed by atoms with Gasteiger partial charge in [0.1, 0.15) is 5.82 Å². The molecule has 0 atom stereocenters. The molecule has 0 radical (unpaired) electrons. The maximum atomic E-state index is 12.1. The van der Waals surface area contributed by atoms with E-state index in [1.165, 1.54) is 12.1 Å². The van der Waals surface area contributed by atoms with Crippen LogP contribution in [0.15, 0.2) is 24.3 Å². The van der Waals surface area contributed by atoms with Crippen molar-refractivity contribution in [1.29, 1.82) is 0 Å². The number of hydrogen-bond acceptors (Lipinski definition) is 0. The van der Waals surface area contributed by atoms with Crippen LogP contribution in [0, 0.1) is 5.82 Å². The average molecular weight is 137 g/mol. The van der Waals surface area contributed by atoms with E-state index in [2.05, 4.69) is 0 Å². The molecule has 0 spiro atoms. The quantitative estimate of drug-likeness (QED) is 0.514. The van der Waals surface area contributed by atoms with E-state index in [0.717, 1.165) is 0 Å². The number of benzene rings is 1. The minimum Gasteiger partial charge on any atom is -0.207 e. The molecule has 0 aliphatic carbocycles. The monoisotopic (exact) mass is 136 g/mol. The van der Waals surface area contributed by atoms with Gasteiger partial charge < -0.3 is 0 Å². The summed E-state index contributed by atoms with van der Waals surface area (Å²) in [7, 11) is 0. The van der Waals surface area contributed by atoms with Gasteiger partial charge in [0.05, 0.1) is 0 Å².